The van der Waals surface area contributed by atoms with Crippen molar-refractivity contribution in [3.63, 3.8) is 0 Å². The minimum absolute atomic E-state index is 0. The lowest BCUT2D eigenvalue weighted by Gasteiger charge is -2.39. The number of rotatable bonds is 4. The van der Waals surface area contributed by atoms with Crippen LogP contribution in [0.25, 0.3) is 0 Å². The maximum absolute atomic E-state index is 13.4. The van der Waals surface area contributed by atoms with Gasteiger partial charge in [-0.05, 0) is 30.5 Å². The zero-order chi connectivity index (χ0) is 18.9. The maximum Gasteiger partial charge on any atom is 0.241 e. The average molecular weight is 404 g/mol. The van der Waals surface area contributed by atoms with Crippen molar-refractivity contribution in [3.8, 4) is 0 Å². The molecule has 6 nitrogen and oxygen atoms in total. The van der Waals surface area contributed by atoms with Crippen LogP contribution in [0, 0.1) is 17.0 Å². The van der Waals surface area contributed by atoms with Crippen LogP contribution in [0.2, 0.25) is 0 Å². The van der Waals surface area contributed by atoms with E-state index in [1.54, 1.807) is 9.80 Å². The number of hydrogen-bond donors (Lipinski definition) is 2. The van der Waals surface area contributed by atoms with E-state index < -0.39 is 24.3 Å². The summed E-state index contributed by atoms with van der Waals surface area (Å²) in [5.41, 5.74) is 5.79. The van der Waals surface area contributed by atoms with Crippen LogP contribution in [0.15, 0.2) is 18.2 Å². The number of nitrogens with zero attached hydrogens (tertiary/aromatic N) is 2. The fourth-order valence-corrected chi connectivity index (χ4v) is 3.90. The van der Waals surface area contributed by atoms with Crippen LogP contribution < -0.4 is 5.73 Å². The van der Waals surface area contributed by atoms with E-state index in [2.05, 4.69) is 0 Å². The number of amides is 2. The van der Waals surface area contributed by atoms with Gasteiger partial charge in [-0.2, -0.15) is 0 Å². The van der Waals surface area contributed by atoms with Crippen molar-refractivity contribution in [1.82, 2.24) is 9.80 Å². The van der Waals surface area contributed by atoms with Crippen LogP contribution in [0.3, 0.4) is 0 Å². The van der Waals surface area contributed by atoms with Crippen molar-refractivity contribution in [1.29, 1.82) is 0 Å². The third-order valence-corrected chi connectivity index (χ3v) is 5.35. The Morgan fingerprint density at radius 2 is 1.81 bits per heavy atom. The molecule has 9 heteroatoms. The normalized spacial score (nSPS) is 19.9. The Morgan fingerprint density at radius 1 is 1.22 bits per heavy atom. The fourth-order valence-electron chi connectivity index (χ4n) is 3.90. The largest absolute Gasteiger partial charge is 0.394 e. The summed E-state index contributed by atoms with van der Waals surface area (Å²) < 4.78 is 26.7. The Kier molecular flexibility index (Phi) is 6.77. The predicted octanol–water partition coefficient (Wildman–Crippen LogP) is 1.05. The molecule has 150 valence electrons. The number of piperidine rings is 1. The highest BCUT2D eigenvalue weighted by Gasteiger charge is 2.45. The number of aliphatic hydroxyl groups is 1. The van der Waals surface area contributed by atoms with Crippen molar-refractivity contribution in [2.75, 3.05) is 26.2 Å². The molecule has 0 unspecified atom stereocenters. The van der Waals surface area contributed by atoms with Gasteiger partial charge in [0.2, 0.25) is 11.8 Å². The van der Waals surface area contributed by atoms with Crippen LogP contribution in [0.1, 0.15) is 24.8 Å². The summed E-state index contributed by atoms with van der Waals surface area (Å²) in [7, 11) is 0. The molecule has 0 aliphatic carbocycles. The molecule has 2 saturated heterocycles. The van der Waals surface area contributed by atoms with E-state index in [4.69, 9.17) is 10.8 Å². The molecular weight excluding hydrogens is 380 g/mol. The van der Waals surface area contributed by atoms with Crippen LogP contribution in [-0.4, -0.2) is 59.0 Å². The highest BCUT2D eigenvalue weighted by molar-refractivity contribution is 5.85. The first-order valence-electron chi connectivity index (χ1n) is 8.70. The van der Waals surface area contributed by atoms with E-state index >= 15 is 0 Å². The minimum atomic E-state index is -0.909. The van der Waals surface area contributed by atoms with Gasteiger partial charge in [0.05, 0.1) is 6.61 Å². The number of carbonyl (C=O) groups is 2. The summed E-state index contributed by atoms with van der Waals surface area (Å²) in [6, 6.07) is 2.37. The summed E-state index contributed by atoms with van der Waals surface area (Å²) in [6.07, 6.45) is 1.70. The zero-order valence-corrected chi connectivity index (χ0v) is 15.7. The second kappa shape index (κ2) is 8.50. The molecule has 2 aliphatic rings. The predicted molar refractivity (Wildman–Crippen MR) is 96.9 cm³/mol. The smallest absolute Gasteiger partial charge is 0.241 e. The third kappa shape index (κ3) is 4.75. The molecule has 27 heavy (non-hydrogen) atoms. The van der Waals surface area contributed by atoms with Crippen LogP contribution in [0.5, 0.6) is 0 Å². The number of nitrogens with two attached hydrogens (primary N) is 1. The van der Waals surface area contributed by atoms with E-state index in [0.29, 0.717) is 44.5 Å². The van der Waals surface area contributed by atoms with Gasteiger partial charge in [0.25, 0.3) is 0 Å². The summed E-state index contributed by atoms with van der Waals surface area (Å²) in [5.74, 6) is -1.64. The van der Waals surface area contributed by atoms with Gasteiger partial charge < -0.3 is 20.6 Å². The van der Waals surface area contributed by atoms with Gasteiger partial charge in [0.15, 0.2) is 0 Å². The second-order valence-electron chi connectivity index (χ2n) is 7.32. The number of benzene rings is 1. The Morgan fingerprint density at radius 3 is 2.37 bits per heavy atom. The minimum Gasteiger partial charge on any atom is -0.394 e. The molecule has 0 bridgehead atoms. The second-order valence-corrected chi connectivity index (χ2v) is 7.32. The SMILES string of the molecule is Cl.N[C@@H](CO)C(=O)N1CCC2(CC1)CC(=O)N(Cc1cc(F)cc(F)c1)C2. The summed E-state index contributed by atoms with van der Waals surface area (Å²) >= 11 is 0. The lowest BCUT2D eigenvalue weighted by molar-refractivity contribution is -0.135. The lowest BCUT2D eigenvalue weighted by atomic mass is 9.77. The molecule has 3 rings (SSSR count). The summed E-state index contributed by atoms with van der Waals surface area (Å²) in [6.45, 7) is 1.27. The Bertz CT molecular complexity index is 691. The first kappa shape index (κ1) is 21.5. The molecule has 1 spiro atoms. The number of halogens is 3. The summed E-state index contributed by atoms with van der Waals surface area (Å²) in [5, 5.41) is 9.01. The molecule has 0 saturated carbocycles. The Balaban J connectivity index is 0.00000261. The molecule has 1 aromatic rings. The summed E-state index contributed by atoms with van der Waals surface area (Å²) in [4.78, 5) is 27.7. The Labute approximate surface area is 162 Å². The molecule has 2 heterocycles. The highest BCUT2D eigenvalue weighted by atomic mass is 35.5. The Hall–Kier alpha value is -1.77. The molecule has 2 amide bonds. The molecule has 0 radical (unpaired) electrons. The first-order valence-corrected chi connectivity index (χ1v) is 8.70. The van der Waals surface area contributed by atoms with Gasteiger partial charge in [-0.25, -0.2) is 8.78 Å². The number of carbonyl (C=O) groups excluding carboxylic acids is 2. The van der Waals surface area contributed by atoms with Gasteiger partial charge in [-0.1, -0.05) is 0 Å². The van der Waals surface area contributed by atoms with Crippen molar-refractivity contribution in [2.24, 2.45) is 11.1 Å². The van der Waals surface area contributed by atoms with Gasteiger partial charge in [-0.3, -0.25) is 9.59 Å². The molecule has 2 fully saturated rings. The van der Waals surface area contributed by atoms with E-state index in [9.17, 15) is 18.4 Å². The van der Waals surface area contributed by atoms with Gasteiger partial charge in [0.1, 0.15) is 17.7 Å². The topological polar surface area (TPSA) is 86.9 Å². The van der Waals surface area contributed by atoms with Crippen LogP contribution in [-0.2, 0) is 16.1 Å². The van der Waals surface area contributed by atoms with Crippen molar-refractivity contribution >= 4 is 24.2 Å². The molecular formula is C18H24ClF2N3O3. The molecule has 1 atom stereocenters. The van der Waals surface area contributed by atoms with E-state index in [1.165, 1.54) is 12.1 Å². The first-order chi connectivity index (χ1) is 12.3. The quantitative estimate of drug-likeness (QED) is 0.786. The van der Waals surface area contributed by atoms with E-state index in [1.807, 2.05) is 0 Å². The number of hydrogen-bond acceptors (Lipinski definition) is 4. The molecule has 1 aromatic carbocycles. The third-order valence-electron chi connectivity index (χ3n) is 5.35. The average Bonchev–Trinajstić information content (AvgIpc) is 2.88. The standard InChI is InChI=1S/C18H23F2N3O3.ClH/c19-13-5-12(6-14(20)7-13)9-23-11-18(8-16(23)25)1-3-22(4-2-18)17(26)15(21)10-24;/h5-7,15,24H,1-4,8-11,21H2;1H/t15-;/m0./s1. The lowest BCUT2D eigenvalue weighted by Crippen LogP contribution is -2.51. The van der Waals surface area contributed by atoms with E-state index in [-0.39, 0.29) is 36.2 Å². The molecule has 2 aliphatic heterocycles. The molecule has 0 aromatic heterocycles. The van der Waals surface area contributed by atoms with Crippen LogP contribution >= 0.6 is 12.4 Å². The van der Waals surface area contributed by atoms with Crippen molar-refractivity contribution in [2.45, 2.75) is 31.8 Å². The van der Waals surface area contributed by atoms with Gasteiger partial charge >= 0.3 is 0 Å². The monoisotopic (exact) mass is 403 g/mol. The maximum atomic E-state index is 13.4. The van der Waals surface area contributed by atoms with Crippen molar-refractivity contribution in [3.05, 3.63) is 35.4 Å². The number of aliphatic hydroxyl groups excluding tert-OH is 1. The highest BCUT2D eigenvalue weighted by Crippen LogP contribution is 2.41. The molecule has 3 N–H and O–H groups in total. The van der Waals surface area contributed by atoms with E-state index in [0.717, 1.165) is 6.07 Å². The number of likely N-dealkylation sites (tertiary alicyclic amines) is 2. The van der Waals surface area contributed by atoms with Gasteiger partial charge in [0, 0.05) is 44.1 Å². The zero-order valence-electron chi connectivity index (χ0n) is 14.9. The van der Waals surface area contributed by atoms with Crippen molar-refractivity contribution < 1.29 is 23.5 Å². The van der Waals surface area contributed by atoms with Crippen LogP contribution in [0.4, 0.5) is 8.78 Å². The van der Waals surface area contributed by atoms with Gasteiger partial charge in [-0.15, -0.1) is 12.4 Å². The fraction of sp³-hybridized carbons (Fsp3) is 0.556.